The van der Waals surface area contributed by atoms with Gasteiger partial charge in [-0.15, -0.1) is 11.3 Å². The number of aromatic nitrogens is 1. The Labute approximate surface area is 130 Å². The van der Waals surface area contributed by atoms with E-state index in [1.807, 2.05) is 17.8 Å². The summed E-state index contributed by atoms with van der Waals surface area (Å²) in [5.41, 5.74) is 2.31. The molecule has 1 N–H and O–H groups in total. The van der Waals surface area contributed by atoms with Crippen molar-refractivity contribution in [3.05, 3.63) is 40.7 Å². The van der Waals surface area contributed by atoms with E-state index in [0.29, 0.717) is 6.04 Å². The third kappa shape index (κ3) is 4.62. The van der Waals surface area contributed by atoms with Crippen LogP contribution in [-0.4, -0.2) is 29.6 Å². The number of thioether (sulfide) groups is 1. The minimum Gasteiger partial charge on any atom is -0.314 e. The monoisotopic (exact) mass is 306 g/mol. The number of benzene rings is 1. The Kier molecular flexibility index (Phi) is 6.57. The van der Waals surface area contributed by atoms with Crippen LogP contribution in [0, 0.1) is 0 Å². The Bertz CT molecular complexity index is 496. The Morgan fingerprint density at radius 3 is 2.80 bits per heavy atom. The third-order valence-electron chi connectivity index (χ3n) is 3.21. The van der Waals surface area contributed by atoms with Crippen LogP contribution in [0.2, 0.25) is 0 Å². The molecule has 1 aromatic carbocycles. The normalized spacial score (nSPS) is 12.5. The third-order valence-corrected chi connectivity index (χ3v) is 4.72. The molecule has 108 valence electrons. The summed E-state index contributed by atoms with van der Waals surface area (Å²) in [5.74, 6) is 1.20. The molecule has 2 rings (SSSR count). The number of rotatable bonds is 8. The molecule has 0 radical (unpaired) electrons. The summed E-state index contributed by atoms with van der Waals surface area (Å²) in [5, 5.41) is 6.97. The molecule has 1 atom stereocenters. The van der Waals surface area contributed by atoms with Crippen molar-refractivity contribution in [2.45, 2.75) is 25.8 Å². The SMILES string of the molecule is CCNC(CCSC)Cc1nc(-c2ccccc2)cs1. The molecular weight excluding hydrogens is 284 g/mol. The fourth-order valence-corrected chi connectivity index (χ4v) is 3.59. The fourth-order valence-electron chi connectivity index (χ4n) is 2.18. The molecule has 2 nitrogen and oxygen atoms in total. The van der Waals surface area contributed by atoms with Crippen LogP contribution >= 0.6 is 23.1 Å². The molecule has 0 bridgehead atoms. The van der Waals surface area contributed by atoms with E-state index in [1.165, 1.54) is 22.7 Å². The first-order valence-electron chi connectivity index (χ1n) is 7.05. The molecule has 2 aromatic rings. The Morgan fingerprint density at radius 1 is 1.30 bits per heavy atom. The van der Waals surface area contributed by atoms with Gasteiger partial charge in [-0.1, -0.05) is 37.3 Å². The Hall–Kier alpha value is -0.840. The molecule has 0 saturated heterocycles. The van der Waals surface area contributed by atoms with Gasteiger partial charge in [0.1, 0.15) is 0 Å². The summed E-state index contributed by atoms with van der Waals surface area (Å²) in [6, 6.07) is 11.0. The van der Waals surface area contributed by atoms with E-state index in [4.69, 9.17) is 4.98 Å². The quantitative estimate of drug-likeness (QED) is 0.795. The largest absolute Gasteiger partial charge is 0.314 e. The highest BCUT2D eigenvalue weighted by Crippen LogP contribution is 2.22. The molecule has 0 fully saturated rings. The number of hydrogen-bond donors (Lipinski definition) is 1. The maximum atomic E-state index is 4.78. The standard InChI is InChI=1S/C16H22N2S2/c1-3-17-14(9-10-19-2)11-16-18-15(12-20-16)13-7-5-4-6-8-13/h4-8,12,14,17H,3,9-11H2,1-2H3. The summed E-state index contributed by atoms with van der Waals surface area (Å²) in [4.78, 5) is 4.78. The molecule has 1 aromatic heterocycles. The maximum absolute atomic E-state index is 4.78. The lowest BCUT2D eigenvalue weighted by molar-refractivity contribution is 0.513. The number of hydrogen-bond acceptors (Lipinski definition) is 4. The Morgan fingerprint density at radius 2 is 2.10 bits per heavy atom. The van der Waals surface area contributed by atoms with E-state index in [1.54, 1.807) is 11.3 Å². The van der Waals surface area contributed by atoms with E-state index in [-0.39, 0.29) is 0 Å². The molecule has 1 unspecified atom stereocenters. The number of likely N-dealkylation sites (N-methyl/N-ethyl adjacent to an activating group) is 1. The van der Waals surface area contributed by atoms with Crippen LogP contribution in [0.1, 0.15) is 18.4 Å². The van der Waals surface area contributed by atoms with Gasteiger partial charge >= 0.3 is 0 Å². The minimum atomic E-state index is 0.544. The molecule has 0 spiro atoms. The summed E-state index contributed by atoms with van der Waals surface area (Å²) in [7, 11) is 0. The highest BCUT2D eigenvalue weighted by Gasteiger charge is 2.11. The molecule has 0 saturated carbocycles. The zero-order chi connectivity index (χ0) is 14.2. The van der Waals surface area contributed by atoms with Crippen LogP contribution in [0.5, 0.6) is 0 Å². The minimum absolute atomic E-state index is 0.544. The first-order valence-corrected chi connectivity index (χ1v) is 9.33. The van der Waals surface area contributed by atoms with Crippen LogP contribution in [0.25, 0.3) is 11.3 Å². The molecule has 0 amide bonds. The average Bonchev–Trinajstić information content (AvgIpc) is 2.94. The van der Waals surface area contributed by atoms with E-state index in [0.717, 1.165) is 18.7 Å². The van der Waals surface area contributed by atoms with Crippen molar-refractivity contribution in [3.8, 4) is 11.3 Å². The molecule has 0 aliphatic rings. The predicted octanol–water partition coefficient (Wildman–Crippen LogP) is 4.08. The fraction of sp³-hybridized carbons (Fsp3) is 0.438. The van der Waals surface area contributed by atoms with Crippen molar-refractivity contribution in [2.75, 3.05) is 18.6 Å². The molecule has 0 aliphatic carbocycles. The van der Waals surface area contributed by atoms with Gasteiger partial charge in [0.05, 0.1) is 10.7 Å². The lowest BCUT2D eigenvalue weighted by Gasteiger charge is -2.15. The van der Waals surface area contributed by atoms with Crippen molar-refractivity contribution in [1.82, 2.24) is 10.3 Å². The lowest BCUT2D eigenvalue weighted by Crippen LogP contribution is -2.31. The highest BCUT2D eigenvalue weighted by atomic mass is 32.2. The van der Waals surface area contributed by atoms with Crippen molar-refractivity contribution in [1.29, 1.82) is 0 Å². The summed E-state index contributed by atoms with van der Waals surface area (Å²) in [6.45, 7) is 3.19. The smallest absolute Gasteiger partial charge is 0.0948 e. The molecule has 20 heavy (non-hydrogen) atoms. The summed E-state index contributed by atoms with van der Waals surface area (Å²) >= 11 is 3.69. The lowest BCUT2D eigenvalue weighted by atomic mass is 10.1. The van der Waals surface area contributed by atoms with Crippen LogP contribution in [0.4, 0.5) is 0 Å². The van der Waals surface area contributed by atoms with Gasteiger partial charge in [-0.3, -0.25) is 0 Å². The van der Waals surface area contributed by atoms with Gasteiger partial charge in [0, 0.05) is 23.4 Å². The van der Waals surface area contributed by atoms with Gasteiger partial charge in [-0.25, -0.2) is 4.98 Å². The van der Waals surface area contributed by atoms with Gasteiger partial charge in [-0.05, 0) is 25.0 Å². The second kappa shape index (κ2) is 8.45. The first kappa shape index (κ1) is 15.5. The zero-order valence-electron chi connectivity index (χ0n) is 12.1. The van der Waals surface area contributed by atoms with Gasteiger partial charge in [0.2, 0.25) is 0 Å². The molecule has 4 heteroatoms. The predicted molar refractivity (Wildman–Crippen MR) is 91.7 cm³/mol. The van der Waals surface area contributed by atoms with E-state index >= 15 is 0 Å². The van der Waals surface area contributed by atoms with Crippen LogP contribution in [0.15, 0.2) is 35.7 Å². The first-order chi connectivity index (χ1) is 9.83. The summed E-state index contributed by atoms with van der Waals surface area (Å²) < 4.78 is 0. The van der Waals surface area contributed by atoms with E-state index in [9.17, 15) is 0 Å². The number of nitrogens with zero attached hydrogens (tertiary/aromatic N) is 1. The van der Waals surface area contributed by atoms with Crippen molar-refractivity contribution >= 4 is 23.1 Å². The van der Waals surface area contributed by atoms with Gasteiger partial charge < -0.3 is 5.32 Å². The molecule has 1 heterocycles. The van der Waals surface area contributed by atoms with Crippen LogP contribution in [-0.2, 0) is 6.42 Å². The van der Waals surface area contributed by atoms with Gasteiger partial charge in [-0.2, -0.15) is 11.8 Å². The highest BCUT2D eigenvalue weighted by molar-refractivity contribution is 7.98. The van der Waals surface area contributed by atoms with Crippen LogP contribution in [0.3, 0.4) is 0 Å². The van der Waals surface area contributed by atoms with Gasteiger partial charge in [0.15, 0.2) is 0 Å². The van der Waals surface area contributed by atoms with Gasteiger partial charge in [0.25, 0.3) is 0 Å². The van der Waals surface area contributed by atoms with E-state index in [2.05, 4.69) is 48.1 Å². The van der Waals surface area contributed by atoms with Crippen LogP contribution < -0.4 is 5.32 Å². The zero-order valence-corrected chi connectivity index (χ0v) is 13.8. The second-order valence-corrected chi connectivity index (χ2v) is 6.66. The van der Waals surface area contributed by atoms with Crippen molar-refractivity contribution in [3.63, 3.8) is 0 Å². The topological polar surface area (TPSA) is 24.9 Å². The van der Waals surface area contributed by atoms with Crippen molar-refractivity contribution in [2.24, 2.45) is 0 Å². The second-order valence-electron chi connectivity index (χ2n) is 4.73. The maximum Gasteiger partial charge on any atom is 0.0948 e. The molecular formula is C16H22N2S2. The average molecular weight is 306 g/mol. The number of thiazole rings is 1. The number of nitrogens with one attached hydrogen (secondary N) is 1. The van der Waals surface area contributed by atoms with Crippen molar-refractivity contribution < 1.29 is 0 Å². The molecule has 0 aliphatic heterocycles. The van der Waals surface area contributed by atoms with E-state index < -0.39 is 0 Å². The Balaban J connectivity index is 2.00. The summed E-state index contributed by atoms with van der Waals surface area (Å²) in [6.07, 6.45) is 4.40.